The van der Waals surface area contributed by atoms with Crippen molar-refractivity contribution >= 4 is 17.8 Å². The van der Waals surface area contributed by atoms with E-state index in [-0.39, 0.29) is 28.9 Å². The quantitative estimate of drug-likeness (QED) is 0.566. The number of carbonyl (C=O) groups excluding carboxylic acids is 2. The third-order valence-corrected chi connectivity index (χ3v) is 3.51. The zero-order chi connectivity index (χ0) is 16.8. The van der Waals surface area contributed by atoms with Crippen LogP contribution in [-0.4, -0.2) is 28.1 Å². The van der Waals surface area contributed by atoms with E-state index in [1.807, 2.05) is 6.08 Å². The van der Waals surface area contributed by atoms with Gasteiger partial charge < -0.3 is 14.9 Å². The van der Waals surface area contributed by atoms with Crippen molar-refractivity contribution in [2.45, 2.75) is 38.7 Å². The van der Waals surface area contributed by atoms with Gasteiger partial charge in [-0.3, -0.25) is 4.79 Å². The molecular formula is C18H20O5. The molecule has 1 aliphatic rings. The molecule has 5 heteroatoms. The van der Waals surface area contributed by atoms with Crippen LogP contribution >= 0.6 is 0 Å². The maximum Gasteiger partial charge on any atom is 0.342 e. The second-order valence-electron chi connectivity index (χ2n) is 5.54. The summed E-state index contributed by atoms with van der Waals surface area (Å²) in [4.78, 5) is 24.0. The number of fused-ring (bicyclic) bond motifs is 1. The molecule has 0 aliphatic carbocycles. The molecule has 0 amide bonds. The SMILES string of the molecule is CC1CC=CCC(=O)CCC=Cc2cc(O)cc(O)c2C(=O)O1. The Labute approximate surface area is 134 Å². The monoisotopic (exact) mass is 316 g/mol. The van der Waals surface area contributed by atoms with Crippen molar-refractivity contribution in [3.8, 4) is 11.5 Å². The third kappa shape index (κ3) is 4.71. The summed E-state index contributed by atoms with van der Waals surface area (Å²) in [7, 11) is 0. The molecule has 1 aromatic rings. The van der Waals surface area contributed by atoms with Gasteiger partial charge in [0, 0.05) is 25.3 Å². The Morgan fingerprint density at radius 2 is 1.91 bits per heavy atom. The number of aromatic hydroxyl groups is 2. The lowest BCUT2D eigenvalue weighted by molar-refractivity contribution is -0.118. The van der Waals surface area contributed by atoms with Crippen molar-refractivity contribution in [2.24, 2.45) is 0 Å². The number of carbonyl (C=O) groups is 2. The van der Waals surface area contributed by atoms with Crippen LogP contribution in [0, 0.1) is 0 Å². The van der Waals surface area contributed by atoms with Crippen molar-refractivity contribution < 1.29 is 24.5 Å². The largest absolute Gasteiger partial charge is 0.508 e. The Morgan fingerprint density at radius 3 is 2.70 bits per heavy atom. The molecule has 2 rings (SSSR count). The van der Waals surface area contributed by atoms with Crippen molar-refractivity contribution in [2.75, 3.05) is 0 Å². The number of phenolic OH excluding ortho intramolecular Hbond substituents is 2. The van der Waals surface area contributed by atoms with Gasteiger partial charge in [0.2, 0.25) is 0 Å². The summed E-state index contributed by atoms with van der Waals surface area (Å²) in [5.74, 6) is -0.991. The first kappa shape index (κ1) is 16.8. The molecule has 1 heterocycles. The van der Waals surface area contributed by atoms with E-state index in [2.05, 4.69) is 0 Å². The van der Waals surface area contributed by atoms with Crippen molar-refractivity contribution in [3.63, 3.8) is 0 Å². The van der Waals surface area contributed by atoms with Gasteiger partial charge in [-0.15, -0.1) is 0 Å². The summed E-state index contributed by atoms with van der Waals surface area (Å²) in [5, 5.41) is 19.6. The predicted molar refractivity (Wildman–Crippen MR) is 86.3 cm³/mol. The van der Waals surface area contributed by atoms with Gasteiger partial charge in [-0.2, -0.15) is 0 Å². The fourth-order valence-electron chi connectivity index (χ4n) is 2.34. The second kappa shape index (κ2) is 7.63. The van der Waals surface area contributed by atoms with Crippen LogP contribution in [0.15, 0.2) is 30.4 Å². The molecule has 0 radical (unpaired) electrons. The standard InChI is InChI=1S/C18H20O5/c1-12-6-2-4-8-14(19)9-5-3-7-13-10-15(20)11-16(21)17(13)18(22)23-12/h2-4,7,10-12,20-21H,5-6,8-9H2,1H3. The minimum Gasteiger partial charge on any atom is -0.508 e. The molecule has 1 aromatic carbocycles. The molecule has 1 atom stereocenters. The minimum atomic E-state index is -0.642. The highest BCUT2D eigenvalue weighted by Crippen LogP contribution is 2.29. The van der Waals surface area contributed by atoms with E-state index in [1.165, 1.54) is 6.07 Å². The number of Topliss-reactive ketones (excluding diaryl/α,β-unsaturated/α-hetero) is 1. The van der Waals surface area contributed by atoms with Crippen LogP contribution in [0.3, 0.4) is 0 Å². The molecule has 0 aromatic heterocycles. The van der Waals surface area contributed by atoms with Crippen LogP contribution in [0.1, 0.15) is 48.5 Å². The topological polar surface area (TPSA) is 83.8 Å². The van der Waals surface area contributed by atoms with Crippen LogP contribution < -0.4 is 0 Å². The molecule has 0 fully saturated rings. The van der Waals surface area contributed by atoms with Crippen LogP contribution in [0.25, 0.3) is 6.08 Å². The summed E-state index contributed by atoms with van der Waals surface area (Å²) < 4.78 is 5.32. The highest BCUT2D eigenvalue weighted by molar-refractivity contribution is 5.97. The lowest BCUT2D eigenvalue weighted by Crippen LogP contribution is -2.15. The summed E-state index contributed by atoms with van der Waals surface area (Å²) >= 11 is 0. The lowest BCUT2D eigenvalue weighted by atomic mass is 10.0. The van der Waals surface area contributed by atoms with Gasteiger partial charge >= 0.3 is 5.97 Å². The minimum absolute atomic E-state index is 0.0123. The number of hydrogen-bond acceptors (Lipinski definition) is 5. The molecule has 5 nitrogen and oxygen atoms in total. The number of hydrogen-bond donors (Lipinski definition) is 2. The second-order valence-corrected chi connectivity index (χ2v) is 5.54. The fraction of sp³-hybridized carbons (Fsp3) is 0.333. The van der Waals surface area contributed by atoms with Gasteiger partial charge in [-0.25, -0.2) is 4.79 Å². The average molecular weight is 316 g/mol. The molecule has 0 saturated heterocycles. The normalized spacial score (nSPS) is 19.8. The maximum atomic E-state index is 12.3. The van der Waals surface area contributed by atoms with Gasteiger partial charge in [0.25, 0.3) is 0 Å². The van der Waals surface area contributed by atoms with E-state index in [0.29, 0.717) is 31.2 Å². The van der Waals surface area contributed by atoms with Crippen LogP contribution in [-0.2, 0) is 9.53 Å². The highest BCUT2D eigenvalue weighted by Gasteiger charge is 2.20. The predicted octanol–water partition coefficient (Wildman–Crippen LogP) is 3.36. The van der Waals surface area contributed by atoms with E-state index in [0.717, 1.165) is 6.07 Å². The number of allylic oxidation sites excluding steroid dienone is 2. The number of rotatable bonds is 0. The number of phenols is 2. The maximum absolute atomic E-state index is 12.3. The van der Waals surface area contributed by atoms with E-state index >= 15 is 0 Å². The summed E-state index contributed by atoms with van der Waals surface area (Å²) in [6, 6.07) is 2.48. The zero-order valence-electron chi connectivity index (χ0n) is 13.0. The van der Waals surface area contributed by atoms with Crippen molar-refractivity contribution in [1.29, 1.82) is 0 Å². The van der Waals surface area contributed by atoms with Crippen molar-refractivity contribution in [3.05, 3.63) is 41.5 Å². The Balaban J connectivity index is 2.37. The summed E-state index contributed by atoms with van der Waals surface area (Å²) in [6.45, 7) is 1.74. The van der Waals surface area contributed by atoms with Gasteiger partial charge in [0.1, 0.15) is 28.9 Å². The Kier molecular flexibility index (Phi) is 5.57. The molecule has 122 valence electrons. The first-order chi connectivity index (χ1) is 11.0. The number of cyclic esters (lactones) is 1. The smallest absolute Gasteiger partial charge is 0.342 e. The van der Waals surface area contributed by atoms with E-state index in [1.54, 1.807) is 25.2 Å². The van der Waals surface area contributed by atoms with Gasteiger partial charge in [0.15, 0.2) is 0 Å². The average Bonchev–Trinajstić information content (AvgIpc) is 2.46. The molecule has 0 bridgehead atoms. The fourth-order valence-corrected chi connectivity index (χ4v) is 2.34. The molecule has 0 spiro atoms. The Hall–Kier alpha value is -2.56. The summed E-state index contributed by atoms with van der Waals surface area (Å²) in [5.41, 5.74) is 0.373. The third-order valence-electron chi connectivity index (χ3n) is 3.51. The molecule has 0 saturated carbocycles. The van der Waals surface area contributed by atoms with Crippen LogP contribution in [0.4, 0.5) is 0 Å². The van der Waals surface area contributed by atoms with Gasteiger partial charge in [-0.05, 0) is 25.0 Å². The van der Waals surface area contributed by atoms with Gasteiger partial charge in [-0.1, -0.05) is 24.3 Å². The Morgan fingerprint density at radius 1 is 1.13 bits per heavy atom. The van der Waals surface area contributed by atoms with Crippen LogP contribution in [0.2, 0.25) is 0 Å². The number of benzene rings is 1. The first-order valence-electron chi connectivity index (χ1n) is 7.57. The van der Waals surface area contributed by atoms with E-state index in [9.17, 15) is 19.8 Å². The van der Waals surface area contributed by atoms with E-state index < -0.39 is 5.97 Å². The number of ether oxygens (including phenoxy) is 1. The molecular weight excluding hydrogens is 296 g/mol. The zero-order valence-corrected chi connectivity index (χ0v) is 13.0. The number of ketones is 1. The highest BCUT2D eigenvalue weighted by atomic mass is 16.5. The lowest BCUT2D eigenvalue weighted by Gasteiger charge is -2.14. The molecule has 1 aliphatic heterocycles. The number of esters is 1. The van der Waals surface area contributed by atoms with E-state index in [4.69, 9.17) is 4.74 Å². The molecule has 1 unspecified atom stereocenters. The van der Waals surface area contributed by atoms with Gasteiger partial charge in [0.05, 0.1) is 0 Å². The molecule has 23 heavy (non-hydrogen) atoms. The van der Waals surface area contributed by atoms with Crippen molar-refractivity contribution in [1.82, 2.24) is 0 Å². The first-order valence-corrected chi connectivity index (χ1v) is 7.57. The molecule has 2 N–H and O–H groups in total. The summed E-state index contributed by atoms with van der Waals surface area (Å²) in [6.07, 6.45) is 8.34. The van der Waals surface area contributed by atoms with Crippen LogP contribution in [0.5, 0.6) is 11.5 Å². The Bertz CT molecular complexity index is 658.